The van der Waals surface area contributed by atoms with Crippen molar-refractivity contribution in [1.29, 1.82) is 0 Å². The van der Waals surface area contributed by atoms with Crippen molar-refractivity contribution in [3.63, 3.8) is 0 Å². The average molecular weight is 252 g/mol. The number of carboxylic acids is 2. The second-order valence-corrected chi connectivity index (χ2v) is 1.54. The smallest absolute Gasteiger partial charge is 0.321 e. The first-order valence-corrected chi connectivity index (χ1v) is 2.24. The van der Waals surface area contributed by atoms with Crippen LogP contribution < -0.4 is 5.73 Å². The molecule has 4 radical (unpaired) electrons. The Morgan fingerprint density at radius 1 is 1.40 bits per heavy atom. The van der Waals surface area contributed by atoms with Crippen molar-refractivity contribution in [3.05, 3.63) is 0 Å². The number of rotatable bonds is 3. The van der Waals surface area contributed by atoms with Gasteiger partial charge < -0.3 is 15.9 Å². The van der Waals surface area contributed by atoms with Crippen LogP contribution in [0.3, 0.4) is 0 Å². The number of hydrogen-bond donors (Lipinski definition) is 3. The third kappa shape index (κ3) is 5.83. The van der Waals surface area contributed by atoms with E-state index in [-0.39, 0.29) is 23.9 Å². The van der Waals surface area contributed by atoms with E-state index >= 15 is 0 Å². The van der Waals surface area contributed by atoms with Gasteiger partial charge in [-0.1, -0.05) is 0 Å². The SMILES string of the molecule is N[C@@H](CC(=O)O)C(=O)O.[Sn]. The Kier molecular flexibility index (Phi) is 6.79. The second kappa shape index (κ2) is 5.48. The van der Waals surface area contributed by atoms with Crippen LogP contribution in [0.5, 0.6) is 0 Å². The first-order chi connectivity index (χ1) is 4.04. The van der Waals surface area contributed by atoms with Gasteiger partial charge in [-0.05, 0) is 0 Å². The van der Waals surface area contributed by atoms with Crippen LogP contribution in [0.4, 0.5) is 0 Å². The van der Waals surface area contributed by atoms with E-state index in [0.29, 0.717) is 0 Å². The van der Waals surface area contributed by atoms with Gasteiger partial charge in [-0.15, -0.1) is 0 Å². The zero-order valence-corrected chi connectivity index (χ0v) is 7.93. The maximum absolute atomic E-state index is 9.85. The molecule has 0 rings (SSSR count). The summed E-state index contributed by atoms with van der Waals surface area (Å²) in [6.07, 6.45) is -0.532. The average Bonchev–Trinajstić information content (AvgIpc) is 1.63. The summed E-state index contributed by atoms with van der Waals surface area (Å²) in [6.45, 7) is 0. The second-order valence-electron chi connectivity index (χ2n) is 1.54. The number of aliphatic carboxylic acids is 2. The molecule has 56 valence electrons. The molecule has 0 bridgehead atoms. The molecule has 0 spiro atoms. The summed E-state index contributed by atoms with van der Waals surface area (Å²) in [5, 5.41) is 16.0. The van der Waals surface area contributed by atoms with Gasteiger partial charge in [0.2, 0.25) is 0 Å². The van der Waals surface area contributed by atoms with Crippen LogP contribution >= 0.6 is 0 Å². The molecule has 5 nitrogen and oxygen atoms in total. The van der Waals surface area contributed by atoms with Crippen LogP contribution in [0.25, 0.3) is 0 Å². The zero-order valence-electron chi connectivity index (χ0n) is 5.07. The molecule has 10 heavy (non-hydrogen) atoms. The molecular weight excluding hydrogens is 245 g/mol. The Bertz CT molecular complexity index is 137. The van der Waals surface area contributed by atoms with Crippen molar-refractivity contribution in [2.24, 2.45) is 5.73 Å². The fourth-order valence-electron chi connectivity index (χ4n) is 0.275. The standard InChI is InChI=1S/C4H7NO4.Sn/c5-2(4(8)9)1-3(6)7;/h2H,1,5H2,(H,6,7)(H,8,9);/t2-;/m0./s1. The molecule has 4 N–H and O–H groups in total. The number of hydrogen-bond acceptors (Lipinski definition) is 3. The van der Waals surface area contributed by atoms with Crippen LogP contribution in [-0.2, 0) is 9.59 Å². The van der Waals surface area contributed by atoms with Gasteiger partial charge in [-0.25, -0.2) is 0 Å². The predicted octanol–water partition coefficient (Wildman–Crippen LogP) is -1.51. The van der Waals surface area contributed by atoms with Gasteiger partial charge in [0.15, 0.2) is 0 Å². The summed E-state index contributed by atoms with van der Waals surface area (Å²) in [5.74, 6) is -2.50. The molecular formula is C4H7NO4Sn. The number of nitrogens with two attached hydrogens (primary N) is 1. The maximum Gasteiger partial charge on any atom is 0.321 e. The molecule has 6 heteroatoms. The minimum absolute atomic E-state index is 0. The molecule has 0 aromatic carbocycles. The summed E-state index contributed by atoms with van der Waals surface area (Å²) >= 11 is 0. The third-order valence-corrected chi connectivity index (χ3v) is 0.712. The van der Waals surface area contributed by atoms with Crippen LogP contribution in [0.15, 0.2) is 0 Å². The molecule has 0 aromatic heterocycles. The first-order valence-electron chi connectivity index (χ1n) is 2.24. The van der Waals surface area contributed by atoms with Crippen molar-refractivity contribution >= 4 is 35.8 Å². The monoisotopic (exact) mass is 253 g/mol. The van der Waals surface area contributed by atoms with Crippen LogP contribution in [0.1, 0.15) is 6.42 Å². The van der Waals surface area contributed by atoms with Gasteiger partial charge in [0.1, 0.15) is 6.04 Å². The Hall–Kier alpha value is -0.301. The summed E-state index contributed by atoms with van der Waals surface area (Å²) in [7, 11) is 0. The fourth-order valence-corrected chi connectivity index (χ4v) is 0.275. The van der Waals surface area contributed by atoms with E-state index in [1.165, 1.54) is 0 Å². The molecule has 0 heterocycles. The predicted molar refractivity (Wildman–Crippen MR) is 33.6 cm³/mol. The van der Waals surface area contributed by atoms with Crippen molar-refractivity contribution in [3.8, 4) is 0 Å². The normalized spacial score (nSPS) is 11.3. The van der Waals surface area contributed by atoms with Gasteiger partial charge in [-0.2, -0.15) is 0 Å². The van der Waals surface area contributed by atoms with Crippen molar-refractivity contribution in [1.82, 2.24) is 0 Å². The van der Waals surface area contributed by atoms with Crippen LogP contribution in [0.2, 0.25) is 0 Å². The Labute approximate surface area is 74.2 Å². The molecule has 0 aliphatic rings. The van der Waals surface area contributed by atoms with Crippen molar-refractivity contribution in [2.75, 3.05) is 0 Å². The minimum Gasteiger partial charge on any atom is -0.481 e. The molecule has 1 atom stereocenters. The largest absolute Gasteiger partial charge is 0.481 e. The number of carbonyl (C=O) groups is 2. The summed E-state index contributed by atoms with van der Waals surface area (Å²) in [6, 6.07) is -1.29. The van der Waals surface area contributed by atoms with Gasteiger partial charge in [0.25, 0.3) is 0 Å². The third-order valence-electron chi connectivity index (χ3n) is 0.712. The van der Waals surface area contributed by atoms with Gasteiger partial charge in [-0.3, -0.25) is 9.59 Å². The maximum atomic E-state index is 9.85. The summed E-state index contributed by atoms with van der Waals surface area (Å²) in [4.78, 5) is 19.6. The van der Waals surface area contributed by atoms with E-state index in [0.717, 1.165) is 0 Å². The van der Waals surface area contributed by atoms with E-state index in [1.54, 1.807) is 0 Å². The van der Waals surface area contributed by atoms with E-state index in [1.807, 2.05) is 0 Å². The van der Waals surface area contributed by atoms with E-state index in [2.05, 4.69) is 0 Å². The molecule has 0 aromatic rings. The fraction of sp³-hybridized carbons (Fsp3) is 0.500. The van der Waals surface area contributed by atoms with Crippen molar-refractivity contribution in [2.45, 2.75) is 12.5 Å². The van der Waals surface area contributed by atoms with Gasteiger partial charge in [0, 0.05) is 23.9 Å². The van der Waals surface area contributed by atoms with Gasteiger partial charge in [0.05, 0.1) is 6.42 Å². The molecule has 0 fully saturated rings. The molecule has 0 saturated carbocycles. The Morgan fingerprint density at radius 3 is 1.90 bits per heavy atom. The molecule has 0 aliphatic heterocycles. The summed E-state index contributed by atoms with van der Waals surface area (Å²) in [5.41, 5.74) is 4.84. The zero-order chi connectivity index (χ0) is 7.44. The first kappa shape index (κ1) is 12.4. The van der Waals surface area contributed by atoms with E-state index in [9.17, 15) is 9.59 Å². The Morgan fingerprint density at radius 2 is 1.80 bits per heavy atom. The molecule has 0 saturated heterocycles. The summed E-state index contributed by atoms with van der Waals surface area (Å²) < 4.78 is 0. The van der Waals surface area contributed by atoms with Crippen LogP contribution in [-0.4, -0.2) is 52.1 Å². The molecule has 0 unspecified atom stereocenters. The van der Waals surface area contributed by atoms with E-state index < -0.39 is 24.4 Å². The minimum atomic E-state index is -1.29. The van der Waals surface area contributed by atoms with Gasteiger partial charge >= 0.3 is 11.9 Å². The Balaban J connectivity index is 0. The van der Waals surface area contributed by atoms with Crippen LogP contribution in [0, 0.1) is 0 Å². The topological polar surface area (TPSA) is 101 Å². The number of carboxylic acid groups (broad SMARTS) is 2. The van der Waals surface area contributed by atoms with Crippen molar-refractivity contribution < 1.29 is 19.8 Å². The van der Waals surface area contributed by atoms with E-state index in [4.69, 9.17) is 15.9 Å². The molecule has 0 amide bonds. The molecule has 0 aliphatic carbocycles. The quantitative estimate of drug-likeness (QED) is 0.530.